The zero-order valence-corrected chi connectivity index (χ0v) is 10.3. The highest BCUT2D eigenvalue weighted by molar-refractivity contribution is 5.97. The summed E-state index contributed by atoms with van der Waals surface area (Å²) >= 11 is 0. The van der Waals surface area contributed by atoms with E-state index < -0.39 is 17.9 Å². The van der Waals surface area contributed by atoms with E-state index in [9.17, 15) is 14.7 Å². The predicted octanol–water partition coefficient (Wildman–Crippen LogP) is 2.14. The molecule has 5 heteroatoms. The molecule has 0 aliphatic carbocycles. The van der Waals surface area contributed by atoms with Crippen molar-refractivity contribution in [3.63, 3.8) is 0 Å². The Morgan fingerprint density at radius 1 is 1.21 bits per heavy atom. The third-order valence-corrected chi connectivity index (χ3v) is 2.76. The van der Waals surface area contributed by atoms with Gasteiger partial charge in [0.1, 0.15) is 5.76 Å². The second-order valence-electron chi connectivity index (χ2n) is 4.05. The quantitative estimate of drug-likeness (QED) is 0.881. The lowest BCUT2D eigenvalue weighted by Crippen LogP contribution is -2.33. The summed E-state index contributed by atoms with van der Waals surface area (Å²) in [7, 11) is 0. The molecular formula is C14H13NO4. The Hall–Kier alpha value is -2.56. The first-order chi connectivity index (χ1) is 9.09. The highest BCUT2D eigenvalue weighted by Crippen LogP contribution is 2.15. The van der Waals surface area contributed by atoms with Crippen LogP contribution in [0, 0.1) is 6.92 Å². The fraction of sp³-hybridized carbons (Fsp3) is 0.143. The van der Waals surface area contributed by atoms with Gasteiger partial charge in [0.2, 0.25) is 0 Å². The normalized spacial score (nSPS) is 11.8. The van der Waals surface area contributed by atoms with Gasteiger partial charge in [-0.05, 0) is 18.6 Å². The van der Waals surface area contributed by atoms with Gasteiger partial charge in [0.25, 0.3) is 5.91 Å². The summed E-state index contributed by atoms with van der Waals surface area (Å²) in [6.45, 7) is 1.65. The van der Waals surface area contributed by atoms with Gasteiger partial charge in [-0.15, -0.1) is 0 Å². The molecule has 5 nitrogen and oxygen atoms in total. The third kappa shape index (κ3) is 2.82. The summed E-state index contributed by atoms with van der Waals surface area (Å²) in [6, 6.07) is 8.96. The number of carboxylic acid groups (broad SMARTS) is 1. The van der Waals surface area contributed by atoms with E-state index in [1.807, 2.05) is 0 Å². The van der Waals surface area contributed by atoms with E-state index in [4.69, 9.17) is 4.42 Å². The van der Waals surface area contributed by atoms with Crippen molar-refractivity contribution in [2.24, 2.45) is 0 Å². The maximum Gasteiger partial charge on any atom is 0.330 e. The van der Waals surface area contributed by atoms with Crippen molar-refractivity contribution < 1.29 is 19.1 Å². The molecule has 1 heterocycles. The maximum atomic E-state index is 12.0. The summed E-state index contributed by atoms with van der Waals surface area (Å²) in [5.41, 5.74) is 0.853. The Balaban J connectivity index is 2.21. The van der Waals surface area contributed by atoms with Crippen molar-refractivity contribution in [2.75, 3.05) is 0 Å². The first-order valence-corrected chi connectivity index (χ1v) is 5.72. The van der Waals surface area contributed by atoms with Gasteiger partial charge >= 0.3 is 5.97 Å². The summed E-state index contributed by atoms with van der Waals surface area (Å²) in [6.07, 6.45) is 1.39. The van der Waals surface area contributed by atoms with Crippen LogP contribution in [-0.2, 0) is 4.79 Å². The number of aliphatic carboxylic acids is 1. The molecule has 0 unspecified atom stereocenters. The van der Waals surface area contributed by atoms with Crippen LogP contribution >= 0.6 is 0 Å². The van der Waals surface area contributed by atoms with Gasteiger partial charge in [-0.25, -0.2) is 4.79 Å². The molecule has 0 radical (unpaired) electrons. The van der Waals surface area contributed by atoms with Gasteiger partial charge in [-0.2, -0.15) is 0 Å². The number of carbonyl (C=O) groups excluding carboxylic acids is 1. The van der Waals surface area contributed by atoms with E-state index in [0.29, 0.717) is 16.9 Å². The molecule has 98 valence electrons. The van der Waals surface area contributed by atoms with Crippen LogP contribution in [0.4, 0.5) is 0 Å². The van der Waals surface area contributed by atoms with Crippen LogP contribution in [0.3, 0.4) is 0 Å². The van der Waals surface area contributed by atoms with Gasteiger partial charge in [0.15, 0.2) is 6.04 Å². The zero-order chi connectivity index (χ0) is 13.8. The van der Waals surface area contributed by atoms with Crippen molar-refractivity contribution in [3.8, 4) is 0 Å². The lowest BCUT2D eigenvalue weighted by Gasteiger charge is -2.14. The van der Waals surface area contributed by atoms with Gasteiger partial charge < -0.3 is 14.8 Å². The summed E-state index contributed by atoms with van der Waals surface area (Å²) in [5, 5.41) is 11.7. The lowest BCUT2D eigenvalue weighted by atomic mass is 10.1. The van der Waals surface area contributed by atoms with Crippen LogP contribution in [0.15, 0.2) is 47.1 Å². The molecule has 2 rings (SSSR count). The van der Waals surface area contributed by atoms with Gasteiger partial charge in [-0.1, -0.05) is 30.3 Å². The molecule has 1 atom stereocenters. The number of amides is 1. The van der Waals surface area contributed by atoms with E-state index in [1.54, 1.807) is 37.3 Å². The number of nitrogens with one attached hydrogen (secondary N) is 1. The summed E-state index contributed by atoms with van der Waals surface area (Å²) < 4.78 is 5.03. The molecule has 2 N–H and O–H groups in total. The molecule has 0 spiro atoms. The summed E-state index contributed by atoms with van der Waals surface area (Å²) in [5.74, 6) is -1.13. The van der Waals surface area contributed by atoms with E-state index in [2.05, 4.69) is 5.32 Å². The van der Waals surface area contributed by atoms with Gasteiger partial charge in [-0.3, -0.25) is 4.79 Å². The lowest BCUT2D eigenvalue weighted by molar-refractivity contribution is -0.139. The standard InChI is InChI=1S/C14H13NO4/c1-9-11(7-8-19-9)13(16)15-12(14(17)18)10-5-3-2-4-6-10/h2-8,12H,1H3,(H,15,16)(H,17,18)/t12-/m1/s1. The first kappa shape index (κ1) is 12.9. The number of rotatable bonds is 4. The second-order valence-corrected chi connectivity index (χ2v) is 4.05. The Morgan fingerprint density at radius 3 is 2.42 bits per heavy atom. The number of furan rings is 1. The maximum absolute atomic E-state index is 12.0. The minimum Gasteiger partial charge on any atom is -0.479 e. The molecule has 0 bridgehead atoms. The molecule has 19 heavy (non-hydrogen) atoms. The second kappa shape index (κ2) is 5.39. The number of hydrogen-bond acceptors (Lipinski definition) is 3. The Labute approximate surface area is 109 Å². The van der Waals surface area contributed by atoms with Crippen LogP contribution < -0.4 is 5.32 Å². The average Bonchev–Trinajstić information content (AvgIpc) is 2.82. The van der Waals surface area contributed by atoms with Crippen molar-refractivity contribution in [3.05, 3.63) is 59.5 Å². The molecule has 0 saturated heterocycles. The van der Waals surface area contributed by atoms with Crippen molar-refractivity contribution in [2.45, 2.75) is 13.0 Å². The van der Waals surface area contributed by atoms with Crippen molar-refractivity contribution in [1.82, 2.24) is 5.32 Å². The highest BCUT2D eigenvalue weighted by atomic mass is 16.4. The number of aryl methyl sites for hydroxylation is 1. The molecule has 0 aliphatic heterocycles. The van der Waals surface area contributed by atoms with Gasteiger partial charge in [0, 0.05) is 0 Å². The first-order valence-electron chi connectivity index (χ1n) is 5.72. The average molecular weight is 259 g/mol. The van der Waals surface area contributed by atoms with E-state index in [1.165, 1.54) is 12.3 Å². The number of carbonyl (C=O) groups is 2. The molecule has 2 aromatic rings. The Morgan fingerprint density at radius 2 is 1.89 bits per heavy atom. The fourth-order valence-corrected chi connectivity index (χ4v) is 1.76. The molecule has 0 fully saturated rings. The SMILES string of the molecule is Cc1occc1C(=O)N[C@@H](C(=O)O)c1ccccc1. The monoisotopic (exact) mass is 259 g/mol. The molecule has 1 amide bonds. The largest absolute Gasteiger partial charge is 0.479 e. The van der Waals surface area contributed by atoms with E-state index >= 15 is 0 Å². The van der Waals surface area contributed by atoms with Crippen LogP contribution in [0.5, 0.6) is 0 Å². The number of benzene rings is 1. The molecule has 1 aromatic heterocycles. The Bertz CT molecular complexity index is 589. The van der Waals surface area contributed by atoms with E-state index in [0.717, 1.165) is 0 Å². The topological polar surface area (TPSA) is 79.5 Å². The minimum atomic E-state index is -1.11. The minimum absolute atomic E-state index is 0.335. The van der Waals surface area contributed by atoms with Crippen LogP contribution in [-0.4, -0.2) is 17.0 Å². The highest BCUT2D eigenvalue weighted by Gasteiger charge is 2.23. The zero-order valence-electron chi connectivity index (χ0n) is 10.3. The number of carboxylic acids is 1. The van der Waals surface area contributed by atoms with Crippen molar-refractivity contribution >= 4 is 11.9 Å². The van der Waals surface area contributed by atoms with Gasteiger partial charge in [0.05, 0.1) is 11.8 Å². The smallest absolute Gasteiger partial charge is 0.330 e. The van der Waals surface area contributed by atoms with Crippen LogP contribution in [0.1, 0.15) is 27.7 Å². The molecular weight excluding hydrogens is 246 g/mol. The molecule has 0 saturated carbocycles. The fourth-order valence-electron chi connectivity index (χ4n) is 1.76. The van der Waals surface area contributed by atoms with E-state index in [-0.39, 0.29) is 0 Å². The van der Waals surface area contributed by atoms with Crippen LogP contribution in [0.25, 0.3) is 0 Å². The Kier molecular flexibility index (Phi) is 3.66. The third-order valence-electron chi connectivity index (χ3n) is 2.76. The number of hydrogen-bond donors (Lipinski definition) is 2. The van der Waals surface area contributed by atoms with Crippen molar-refractivity contribution in [1.29, 1.82) is 0 Å². The summed E-state index contributed by atoms with van der Waals surface area (Å²) in [4.78, 5) is 23.2. The van der Waals surface area contributed by atoms with Crippen LogP contribution in [0.2, 0.25) is 0 Å². The molecule has 0 aliphatic rings. The predicted molar refractivity (Wildman–Crippen MR) is 67.7 cm³/mol. The molecule has 1 aromatic carbocycles.